The Balaban J connectivity index is 1.89. The smallest absolute Gasteiger partial charge is 0.0603 e. The summed E-state index contributed by atoms with van der Waals surface area (Å²) in [5.74, 6) is 0.894. The van der Waals surface area contributed by atoms with Gasteiger partial charge in [-0.1, -0.05) is 27.2 Å². The van der Waals surface area contributed by atoms with E-state index in [-0.39, 0.29) is 0 Å². The molecule has 1 N–H and O–H groups in total. The molecule has 0 atom stereocenters. The van der Waals surface area contributed by atoms with E-state index in [1.807, 2.05) is 12.3 Å². The van der Waals surface area contributed by atoms with Gasteiger partial charge >= 0.3 is 0 Å². The average molecular weight is 260 g/mol. The van der Waals surface area contributed by atoms with Gasteiger partial charge in [0.15, 0.2) is 0 Å². The van der Waals surface area contributed by atoms with Gasteiger partial charge in [-0.05, 0) is 56.1 Å². The van der Waals surface area contributed by atoms with Crippen molar-refractivity contribution in [2.75, 3.05) is 5.32 Å². The van der Waals surface area contributed by atoms with Crippen molar-refractivity contribution in [1.82, 2.24) is 4.98 Å². The molecular weight excluding hydrogens is 232 g/mol. The fraction of sp³-hybridized carbons (Fsp3) is 0.706. The van der Waals surface area contributed by atoms with Gasteiger partial charge in [0.1, 0.15) is 0 Å². The number of hydrogen-bond donors (Lipinski definition) is 1. The first-order valence-corrected chi connectivity index (χ1v) is 7.71. The molecule has 2 nitrogen and oxygen atoms in total. The lowest BCUT2D eigenvalue weighted by Gasteiger charge is -2.39. The molecule has 1 saturated carbocycles. The van der Waals surface area contributed by atoms with Crippen molar-refractivity contribution in [3.8, 4) is 0 Å². The fourth-order valence-electron chi connectivity index (χ4n) is 3.16. The summed E-state index contributed by atoms with van der Waals surface area (Å²) in [4.78, 5) is 4.35. The molecule has 0 spiro atoms. The van der Waals surface area contributed by atoms with Crippen molar-refractivity contribution in [3.05, 3.63) is 24.0 Å². The summed E-state index contributed by atoms with van der Waals surface area (Å²) in [7, 11) is 0. The number of nitrogens with one attached hydrogen (secondary N) is 1. The molecule has 1 heterocycles. The summed E-state index contributed by atoms with van der Waals surface area (Å²) >= 11 is 0. The van der Waals surface area contributed by atoms with E-state index in [9.17, 15) is 0 Å². The fourth-order valence-corrected chi connectivity index (χ4v) is 3.16. The van der Waals surface area contributed by atoms with Gasteiger partial charge in [0.05, 0.1) is 11.4 Å². The Morgan fingerprint density at radius 2 is 1.95 bits per heavy atom. The molecule has 1 aliphatic carbocycles. The molecule has 2 rings (SSSR count). The Bertz CT molecular complexity index is 403. The van der Waals surface area contributed by atoms with E-state index in [4.69, 9.17) is 0 Å². The van der Waals surface area contributed by atoms with Gasteiger partial charge in [0.25, 0.3) is 0 Å². The summed E-state index contributed by atoms with van der Waals surface area (Å²) in [5.41, 5.74) is 2.83. The quantitative estimate of drug-likeness (QED) is 0.841. The largest absolute Gasteiger partial charge is 0.381 e. The maximum absolute atomic E-state index is 4.35. The molecule has 0 unspecified atom stereocenters. The van der Waals surface area contributed by atoms with Crippen LogP contribution >= 0.6 is 0 Å². The molecule has 1 aliphatic rings. The van der Waals surface area contributed by atoms with Crippen molar-refractivity contribution in [3.63, 3.8) is 0 Å². The van der Waals surface area contributed by atoms with Crippen LogP contribution in [0.15, 0.2) is 18.3 Å². The average Bonchev–Trinajstić information content (AvgIpc) is 2.42. The molecule has 106 valence electrons. The van der Waals surface area contributed by atoms with Crippen LogP contribution in [0, 0.1) is 18.3 Å². The first-order valence-electron chi connectivity index (χ1n) is 7.71. The Labute approximate surface area is 118 Å². The third-order valence-electron chi connectivity index (χ3n) is 5.11. The zero-order valence-electron chi connectivity index (χ0n) is 12.9. The van der Waals surface area contributed by atoms with E-state index < -0.39 is 0 Å². The summed E-state index contributed by atoms with van der Waals surface area (Å²) in [6.07, 6.45) is 8.46. The molecular formula is C17H28N2. The number of hydrogen-bond acceptors (Lipinski definition) is 2. The Kier molecular flexibility index (Phi) is 4.49. The second-order valence-corrected chi connectivity index (χ2v) is 6.67. The van der Waals surface area contributed by atoms with E-state index >= 15 is 0 Å². The van der Waals surface area contributed by atoms with E-state index in [1.165, 1.54) is 37.8 Å². The Morgan fingerprint density at radius 3 is 2.53 bits per heavy atom. The molecule has 2 heteroatoms. The lowest BCUT2D eigenvalue weighted by Crippen LogP contribution is -2.32. The second kappa shape index (κ2) is 5.94. The third kappa shape index (κ3) is 3.49. The molecule has 1 fully saturated rings. The molecule has 0 bridgehead atoms. The summed E-state index contributed by atoms with van der Waals surface area (Å²) in [5, 5.41) is 3.68. The van der Waals surface area contributed by atoms with E-state index in [0.29, 0.717) is 11.5 Å². The van der Waals surface area contributed by atoms with Crippen LogP contribution in [0.3, 0.4) is 0 Å². The molecule has 1 aromatic rings. The van der Waals surface area contributed by atoms with Gasteiger partial charge in [-0.15, -0.1) is 0 Å². The van der Waals surface area contributed by atoms with Gasteiger partial charge < -0.3 is 5.32 Å². The Morgan fingerprint density at radius 1 is 1.26 bits per heavy atom. The van der Waals surface area contributed by atoms with Crippen molar-refractivity contribution < 1.29 is 0 Å². The number of anilines is 1. The number of aryl methyl sites for hydroxylation is 1. The standard InChI is InChI=1S/C17H28N2/c1-5-17(3,4)14-8-10-15(11-9-14)19-16-7-6-12-18-13(16)2/h6-7,12,14-15,19H,5,8-11H2,1-4H3. The van der Waals surface area contributed by atoms with Gasteiger partial charge in [-0.3, -0.25) is 4.98 Å². The lowest BCUT2D eigenvalue weighted by atomic mass is 9.69. The van der Waals surface area contributed by atoms with E-state index in [0.717, 1.165) is 11.6 Å². The first-order chi connectivity index (χ1) is 9.03. The van der Waals surface area contributed by atoms with Crippen LogP contribution in [0.2, 0.25) is 0 Å². The lowest BCUT2D eigenvalue weighted by molar-refractivity contribution is 0.147. The minimum absolute atomic E-state index is 0.509. The normalized spacial score (nSPS) is 24.2. The highest BCUT2D eigenvalue weighted by molar-refractivity contribution is 5.47. The first kappa shape index (κ1) is 14.4. The number of aromatic nitrogens is 1. The topological polar surface area (TPSA) is 24.9 Å². The molecule has 0 aliphatic heterocycles. The van der Waals surface area contributed by atoms with Crippen LogP contribution in [0.4, 0.5) is 5.69 Å². The second-order valence-electron chi connectivity index (χ2n) is 6.67. The third-order valence-corrected chi connectivity index (χ3v) is 5.11. The van der Waals surface area contributed by atoms with Crippen LogP contribution in [0.25, 0.3) is 0 Å². The zero-order chi connectivity index (χ0) is 13.9. The number of pyridine rings is 1. The van der Waals surface area contributed by atoms with E-state index in [1.54, 1.807) is 0 Å². The van der Waals surface area contributed by atoms with Crippen molar-refractivity contribution in [2.45, 2.75) is 65.8 Å². The Hall–Kier alpha value is -1.05. The van der Waals surface area contributed by atoms with Crippen molar-refractivity contribution in [1.29, 1.82) is 0 Å². The van der Waals surface area contributed by atoms with Crippen LogP contribution in [-0.2, 0) is 0 Å². The molecule has 0 radical (unpaired) electrons. The number of rotatable bonds is 4. The SMILES string of the molecule is CCC(C)(C)C1CCC(Nc2cccnc2C)CC1. The highest BCUT2D eigenvalue weighted by Gasteiger charge is 2.31. The van der Waals surface area contributed by atoms with Crippen molar-refractivity contribution >= 4 is 5.69 Å². The molecule has 19 heavy (non-hydrogen) atoms. The maximum atomic E-state index is 4.35. The summed E-state index contributed by atoms with van der Waals surface area (Å²) < 4.78 is 0. The van der Waals surface area contributed by atoms with Gasteiger partial charge in [-0.2, -0.15) is 0 Å². The molecule has 0 amide bonds. The van der Waals surface area contributed by atoms with E-state index in [2.05, 4.69) is 44.1 Å². The predicted octanol–water partition coefficient (Wildman–Crippen LogP) is 4.80. The number of nitrogens with zero attached hydrogens (tertiary/aromatic N) is 1. The summed E-state index contributed by atoms with van der Waals surface area (Å²) in [6, 6.07) is 4.79. The van der Waals surface area contributed by atoms with Gasteiger partial charge in [0.2, 0.25) is 0 Å². The molecule has 0 aromatic carbocycles. The van der Waals surface area contributed by atoms with Gasteiger partial charge in [-0.25, -0.2) is 0 Å². The highest BCUT2D eigenvalue weighted by atomic mass is 14.9. The molecule has 1 aromatic heterocycles. The minimum atomic E-state index is 0.509. The van der Waals surface area contributed by atoms with Crippen LogP contribution < -0.4 is 5.32 Å². The summed E-state index contributed by atoms with van der Waals surface area (Å²) in [6.45, 7) is 9.25. The zero-order valence-corrected chi connectivity index (χ0v) is 12.9. The van der Waals surface area contributed by atoms with Crippen molar-refractivity contribution in [2.24, 2.45) is 11.3 Å². The minimum Gasteiger partial charge on any atom is -0.381 e. The predicted molar refractivity (Wildman–Crippen MR) is 82.4 cm³/mol. The highest BCUT2D eigenvalue weighted by Crippen LogP contribution is 2.40. The van der Waals surface area contributed by atoms with Crippen LogP contribution in [-0.4, -0.2) is 11.0 Å². The van der Waals surface area contributed by atoms with Crippen LogP contribution in [0.5, 0.6) is 0 Å². The van der Waals surface area contributed by atoms with Crippen LogP contribution in [0.1, 0.15) is 58.6 Å². The maximum Gasteiger partial charge on any atom is 0.0603 e. The molecule has 0 saturated heterocycles. The van der Waals surface area contributed by atoms with Gasteiger partial charge in [0, 0.05) is 12.2 Å². The monoisotopic (exact) mass is 260 g/mol.